The lowest BCUT2D eigenvalue weighted by atomic mass is 10.1. The molecule has 0 spiro atoms. The van der Waals surface area contributed by atoms with Gasteiger partial charge in [0.1, 0.15) is 11.9 Å². The van der Waals surface area contributed by atoms with Gasteiger partial charge in [0, 0.05) is 38.8 Å². The van der Waals surface area contributed by atoms with Crippen LogP contribution >= 0.6 is 0 Å². The lowest BCUT2D eigenvalue weighted by molar-refractivity contribution is -0.133. The molecular formula is C25H27FN2O4. The summed E-state index contributed by atoms with van der Waals surface area (Å²) in [6.07, 6.45) is 3.77. The molecule has 2 heterocycles. The molecule has 1 amide bonds. The first-order valence-electron chi connectivity index (χ1n) is 11.0. The van der Waals surface area contributed by atoms with Crippen LogP contribution in [-0.2, 0) is 11.2 Å². The molecule has 0 atom stereocenters. The SMILES string of the molecule is CCOc1ccccc1OC1CCN(C(=O)CCc2ncc(-c3ccccc3F)o2)CC1. The van der Waals surface area contributed by atoms with Crippen molar-refractivity contribution in [2.45, 2.75) is 38.7 Å². The fourth-order valence-corrected chi connectivity index (χ4v) is 3.81. The average Bonchev–Trinajstić information content (AvgIpc) is 3.28. The number of ether oxygens (including phenoxy) is 2. The number of amides is 1. The van der Waals surface area contributed by atoms with Crippen molar-refractivity contribution in [2.75, 3.05) is 19.7 Å². The second kappa shape index (κ2) is 10.3. The van der Waals surface area contributed by atoms with E-state index in [2.05, 4.69) is 4.98 Å². The topological polar surface area (TPSA) is 64.8 Å². The zero-order valence-corrected chi connectivity index (χ0v) is 18.1. The summed E-state index contributed by atoms with van der Waals surface area (Å²) in [6.45, 7) is 3.82. The lowest BCUT2D eigenvalue weighted by Gasteiger charge is -2.32. The molecule has 0 aliphatic carbocycles. The summed E-state index contributed by atoms with van der Waals surface area (Å²) >= 11 is 0. The van der Waals surface area contributed by atoms with Gasteiger partial charge in [0.05, 0.1) is 18.4 Å². The van der Waals surface area contributed by atoms with Crippen molar-refractivity contribution in [2.24, 2.45) is 0 Å². The number of para-hydroxylation sites is 2. The first-order chi connectivity index (χ1) is 15.6. The molecule has 7 heteroatoms. The fraction of sp³-hybridized carbons (Fsp3) is 0.360. The second-order valence-electron chi connectivity index (χ2n) is 7.68. The number of likely N-dealkylation sites (tertiary alicyclic amines) is 1. The van der Waals surface area contributed by atoms with Crippen molar-refractivity contribution in [3.8, 4) is 22.8 Å². The van der Waals surface area contributed by atoms with Gasteiger partial charge in [-0.25, -0.2) is 9.37 Å². The van der Waals surface area contributed by atoms with Crippen molar-refractivity contribution in [3.63, 3.8) is 0 Å². The van der Waals surface area contributed by atoms with Crippen LogP contribution in [0.25, 0.3) is 11.3 Å². The van der Waals surface area contributed by atoms with Gasteiger partial charge in [-0.05, 0) is 31.2 Å². The summed E-state index contributed by atoms with van der Waals surface area (Å²) in [4.78, 5) is 18.7. The van der Waals surface area contributed by atoms with E-state index in [9.17, 15) is 9.18 Å². The van der Waals surface area contributed by atoms with Gasteiger partial charge in [-0.3, -0.25) is 4.79 Å². The van der Waals surface area contributed by atoms with E-state index in [0.717, 1.165) is 24.3 Å². The Bertz CT molecular complexity index is 1040. The molecule has 168 valence electrons. The Balaban J connectivity index is 1.25. The number of rotatable bonds is 8. The van der Waals surface area contributed by atoms with Gasteiger partial charge in [0.15, 0.2) is 23.1 Å². The first kappa shape index (κ1) is 21.9. The molecule has 0 unspecified atom stereocenters. The van der Waals surface area contributed by atoms with E-state index in [4.69, 9.17) is 13.9 Å². The largest absolute Gasteiger partial charge is 0.490 e. The van der Waals surface area contributed by atoms with Crippen molar-refractivity contribution in [1.82, 2.24) is 9.88 Å². The highest BCUT2D eigenvalue weighted by Gasteiger charge is 2.25. The number of hydrogen-bond acceptors (Lipinski definition) is 5. The van der Waals surface area contributed by atoms with Gasteiger partial charge < -0.3 is 18.8 Å². The van der Waals surface area contributed by atoms with E-state index < -0.39 is 0 Å². The predicted octanol–water partition coefficient (Wildman–Crippen LogP) is 4.88. The number of carbonyl (C=O) groups excluding carboxylic acids is 1. The predicted molar refractivity (Wildman–Crippen MR) is 118 cm³/mol. The number of aromatic nitrogens is 1. The van der Waals surface area contributed by atoms with Gasteiger partial charge >= 0.3 is 0 Å². The molecule has 0 radical (unpaired) electrons. The molecule has 2 aromatic carbocycles. The Hall–Kier alpha value is -3.35. The van der Waals surface area contributed by atoms with E-state index in [-0.39, 0.29) is 17.8 Å². The number of aryl methyl sites for hydroxylation is 1. The average molecular weight is 438 g/mol. The Kier molecular flexibility index (Phi) is 7.04. The lowest BCUT2D eigenvalue weighted by Crippen LogP contribution is -2.41. The number of hydrogen-bond donors (Lipinski definition) is 0. The standard InChI is InChI=1S/C25H27FN2O4/c1-2-30-21-9-5-6-10-22(21)31-18-13-15-28(16-14-18)25(29)12-11-24-27-17-23(32-24)19-7-3-4-8-20(19)26/h3-10,17-18H,2,11-16H2,1H3. The highest BCUT2D eigenvalue weighted by molar-refractivity contribution is 5.76. The molecule has 1 aliphatic heterocycles. The van der Waals surface area contributed by atoms with Crippen molar-refractivity contribution in [1.29, 1.82) is 0 Å². The zero-order valence-electron chi connectivity index (χ0n) is 18.1. The Morgan fingerprint density at radius 1 is 1.12 bits per heavy atom. The minimum atomic E-state index is -0.361. The van der Waals surface area contributed by atoms with E-state index in [1.165, 1.54) is 12.3 Å². The van der Waals surface area contributed by atoms with E-state index >= 15 is 0 Å². The van der Waals surface area contributed by atoms with Gasteiger partial charge in [-0.2, -0.15) is 0 Å². The maximum atomic E-state index is 13.9. The van der Waals surface area contributed by atoms with Gasteiger partial charge in [0.2, 0.25) is 5.91 Å². The van der Waals surface area contributed by atoms with Crippen molar-refractivity contribution in [3.05, 3.63) is 66.4 Å². The molecule has 1 aromatic heterocycles. The van der Waals surface area contributed by atoms with Crippen LogP contribution in [0.4, 0.5) is 4.39 Å². The summed E-state index contributed by atoms with van der Waals surface area (Å²) < 4.78 is 31.3. The van der Waals surface area contributed by atoms with E-state index in [1.807, 2.05) is 36.1 Å². The highest BCUT2D eigenvalue weighted by atomic mass is 19.1. The molecule has 1 saturated heterocycles. The number of halogens is 1. The second-order valence-corrected chi connectivity index (χ2v) is 7.68. The van der Waals surface area contributed by atoms with Crippen molar-refractivity contribution < 1.29 is 23.1 Å². The third kappa shape index (κ3) is 5.28. The Morgan fingerprint density at radius 2 is 1.84 bits per heavy atom. The maximum Gasteiger partial charge on any atom is 0.223 e. The van der Waals surface area contributed by atoms with Crippen LogP contribution in [0.5, 0.6) is 11.5 Å². The van der Waals surface area contributed by atoms with Crippen LogP contribution < -0.4 is 9.47 Å². The van der Waals surface area contributed by atoms with E-state index in [1.54, 1.807) is 18.2 Å². The van der Waals surface area contributed by atoms with Crippen LogP contribution in [0.2, 0.25) is 0 Å². The number of nitrogens with zero attached hydrogens (tertiary/aromatic N) is 2. The first-order valence-corrected chi connectivity index (χ1v) is 11.0. The molecule has 0 N–H and O–H groups in total. The fourth-order valence-electron chi connectivity index (χ4n) is 3.81. The molecule has 0 bridgehead atoms. The third-order valence-corrected chi connectivity index (χ3v) is 5.48. The zero-order chi connectivity index (χ0) is 22.3. The van der Waals surface area contributed by atoms with Gasteiger partial charge in [0.25, 0.3) is 0 Å². The highest BCUT2D eigenvalue weighted by Crippen LogP contribution is 2.29. The van der Waals surface area contributed by atoms with Crippen LogP contribution in [0.3, 0.4) is 0 Å². The number of oxazole rings is 1. The molecular weight excluding hydrogens is 411 g/mol. The van der Waals surface area contributed by atoms with Crippen LogP contribution in [0.1, 0.15) is 32.1 Å². The minimum absolute atomic E-state index is 0.0516. The molecule has 32 heavy (non-hydrogen) atoms. The number of carbonyl (C=O) groups is 1. The van der Waals surface area contributed by atoms with Crippen LogP contribution in [0, 0.1) is 5.82 Å². The smallest absolute Gasteiger partial charge is 0.223 e. The molecule has 1 fully saturated rings. The molecule has 4 rings (SSSR count). The number of benzene rings is 2. The Labute approximate surface area is 187 Å². The summed E-state index contributed by atoms with van der Waals surface area (Å²) in [7, 11) is 0. The summed E-state index contributed by atoms with van der Waals surface area (Å²) in [5, 5.41) is 0. The minimum Gasteiger partial charge on any atom is -0.490 e. The summed E-state index contributed by atoms with van der Waals surface area (Å²) in [5.74, 6) is 1.99. The summed E-state index contributed by atoms with van der Waals surface area (Å²) in [6, 6.07) is 14.1. The normalized spacial score (nSPS) is 14.4. The molecule has 0 saturated carbocycles. The van der Waals surface area contributed by atoms with E-state index in [0.29, 0.717) is 49.8 Å². The van der Waals surface area contributed by atoms with Crippen molar-refractivity contribution >= 4 is 5.91 Å². The summed E-state index contributed by atoms with van der Waals surface area (Å²) in [5.41, 5.74) is 0.366. The van der Waals surface area contributed by atoms with Gasteiger partial charge in [-0.1, -0.05) is 24.3 Å². The Morgan fingerprint density at radius 3 is 2.59 bits per heavy atom. The third-order valence-electron chi connectivity index (χ3n) is 5.48. The molecule has 3 aromatic rings. The maximum absolute atomic E-state index is 13.9. The van der Waals surface area contributed by atoms with Crippen LogP contribution in [-0.4, -0.2) is 41.6 Å². The molecule has 6 nitrogen and oxygen atoms in total. The number of piperidine rings is 1. The van der Waals surface area contributed by atoms with Gasteiger partial charge in [-0.15, -0.1) is 0 Å². The monoisotopic (exact) mass is 438 g/mol. The quantitative estimate of drug-likeness (QED) is 0.501. The van der Waals surface area contributed by atoms with Crippen LogP contribution in [0.15, 0.2) is 59.1 Å². The molecule has 1 aliphatic rings.